The maximum Gasteiger partial charge on any atom is 0.272 e. The van der Waals surface area contributed by atoms with Crippen molar-refractivity contribution in [3.05, 3.63) is 156 Å². The van der Waals surface area contributed by atoms with Gasteiger partial charge in [-0.3, -0.25) is 14.4 Å². The average molecular weight is 629 g/mol. The molecule has 0 fully saturated rings. The van der Waals surface area contributed by atoms with Crippen molar-refractivity contribution in [2.75, 3.05) is 10.6 Å². The summed E-state index contributed by atoms with van der Waals surface area (Å²) in [6.07, 6.45) is 3.23. The van der Waals surface area contributed by atoms with Crippen LogP contribution in [0.2, 0.25) is 0 Å². The van der Waals surface area contributed by atoms with E-state index in [1.54, 1.807) is 66.9 Å². The molecule has 0 aliphatic carbocycles. The van der Waals surface area contributed by atoms with Gasteiger partial charge in [0.1, 0.15) is 23.9 Å². The molecule has 0 aliphatic heterocycles. The number of aromatic nitrogens is 1. The fourth-order valence-electron chi connectivity index (χ4n) is 4.25. The number of carbonyl (C=O) groups is 3. The maximum atomic E-state index is 13.5. The highest BCUT2D eigenvalue weighted by atomic mass is 32.2. The molecule has 5 aromatic rings. The van der Waals surface area contributed by atoms with E-state index in [-0.39, 0.29) is 16.9 Å². The Kier molecular flexibility index (Phi) is 11.0. The van der Waals surface area contributed by atoms with Crippen LogP contribution in [0.4, 0.5) is 11.5 Å². The highest BCUT2D eigenvalue weighted by Crippen LogP contribution is 2.26. The second-order valence-electron chi connectivity index (χ2n) is 10.2. The molecule has 1 unspecified atom stereocenters. The first kappa shape index (κ1) is 31.7. The van der Waals surface area contributed by atoms with E-state index in [0.717, 1.165) is 10.5 Å². The van der Waals surface area contributed by atoms with E-state index in [1.165, 1.54) is 11.8 Å². The van der Waals surface area contributed by atoms with Crippen molar-refractivity contribution in [3.8, 4) is 5.75 Å². The second kappa shape index (κ2) is 15.9. The summed E-state index contributed by atoms with van der Waals surface area (Å²) in [4.78, 5) is 44.0. The molecular weight excluding hydrogens is 596 g/mol. The molecule has 1 heterocycles. The summed E-state index contributed by atoms with van der Waals surface area (Å²) in [6, 6.07) is 38.3. The Morgan fingerprint density at radius 2 is 1.46 bits per heavy atom. The van der Waals surface area contributed by atoms with Crippen molar-refractivity contribution in [2.24, 2.45) is 0 Å². The Bertz CT molecular complexity index is 1780. The zero-order valence-electron chi connectivity index (χ0n) is 25.1. The van der Waals surface area contributed by atoms with Crippen LogP contribution in [-0.4, -0.2) is 28.0 Å². The Hall–Kier alpha value is -5.67. The number of nitrogens with zero attached hydrogens (tertiary/aromatic N) is 1. The summed E-state index contributed by atoms with van der Waals surface area (Å²) in [6.45, 7) is 2.25. The lowest BCUT2D eigenvalue weighted by molar-refractivity contribution is -0.115. The summed E-state index contributed by atoms with van der Waals surface area (Å²) in [5.74, 6) is 0.114. The summed E-state index contributed by atoms with van der Waals surface area (Å²) in [7, 11) is 0. The van der Waals surface area contributed by atoms with Gasteiger partial charge >= 0.3 is 0 Å². The van der Waals surface area contributed by atoms with Crippen molar-refractivity contribution in [2.45, 2.75) is 23.7 Å². The molecule has 3 N–H and O–H groups in total. The molecule has 5 rings (SSSR count). The smallest absolute Gasteiger partial charge is 0.272 e. The van der Waals surface area contributed by atoms with E-state index < -0.39 is 11.8 Å². The van der Waals surface area contributed by atoms with Gasteiger partial charge in [-0.25, -0.2) is 4.98 Å². The highest BCUT2D eigenvalue weighted by Gasteiger charge is 2.17. The Morgan fingerprint density at radius 1 is 0.783 bits per heavy atom. The quantitative estimate of drug-likeness (QED) is 0.0997. The number of ether oxygens (including phenoxy) is 1. The molecule has 9 heteroatoms. The summed E-state index contributed by atoms with van der Waals surface area (Å²) < 4.78 is 5.88. The van der Waals surface area contributed by atoms with Crippen LogP contribution < -0.4 is 20.7 Å². The molecule has 0 aliphatic rings. The minimum Gasteiger partial charge on any atom is -0.489 e. The van der Waals surface area contributed by atoms with Crippen LogP contribution in [-0.2, 0) is 16.2 Å². The zero-order valence-corrected chi connectivity index (χ0v) is 25.9. The van der Waals surface area contributed by atoms with Crippen molar-refractivity contribution >= 4 is 47.1 Å². The number of carbonyl (C=O) groups excluding carboxylic acids is 3. The number of thioether (sulfide) groups is 1. The molecular formula is C37H32N4O4S. The topological polar surface area (TPSA) is 109 Å². The van der Waals surface area contributed by atoms with Gasteiger partial charge in [-0.1, -0.05) is 66.7 Å². The molecule has 0 radical (unpaired) electrons. The predicted octanol–water partition coefficient (Wildman–Crippen LogP) is 7.19. The standard InChI is InChI=1S/C37H32N4O4S/c1-26(35(42)41-34-14-8-9-23-38-34)46-32-21-17-30(18-22-32)39-37(44)33(40-36(43)29-12-6-3-7-13-29)24-27-15-19-31(20-16-27)45-25-28-10-4-2-5-11-28/h2-24,26H,25H2,1H3,(H,39,44)(H,40,43)(H,38,41,42)/b33-24-. The molecule has 8 nitrogen and oxygen atoms in total. The lowest BCUT2D eigenvalue weighted by atomic mass is 10.1. The lowest BCUT2D eigenvalue weighted by Gasteiger charge is -2.13. The molecule has 4 aromatic carbocycles. The number of nitrogens with one attached hydrogen (secondary N) is 3. The molecule has 0 bridgehead atoms. The van der Waals surface area contributed by atoms with Crippen LogP contribution in [0.15, 0.2) is 144 Å². The fraction of sp³-hybridized carbons (Fsp3) is 0.0811. The van der Waals surface area contributed by atoms with Crippen LogP contribution in [0, 0.1) is 0 Å². The number of anilines is 2. The average Bonchev–Trinajstić information content (AvgIpc) is 3.09. The third-order valence-corrected chi connectivity index (χ3v) is 7.79. The molecule has 0 saturated carbocycles. The van der Waals surface area contributed by atoms with Gasteiger partial charge < -0.3 is 20.7 Å². The maximum absolute atomic E-state index is 13.5. The summed E-state index contributed by atoms with van der Waals surface area (Å²) in [5, 5.41) is 8.04. The highest BCUT2D eigenvalue weighted by molar-refractivity contribution is 8.00. The molecule has 0 saturated heterocycles. The van der Waals surface area contributed by atoms with E-state index in [0.29, 0.717) is 35.0 Å². The van der Waals surface area contributed by atoms with Crippen molar-refractivity contribution < 1.29 is 19.1 Å². The summed E-state index contributed by atoms with van der Waals surface area (Å²) >= 11 is 1.38. The van der Waals surface area contributed by atoms with Gasteiger partial charge in [0.05, 0.1) is 5.25 Å². The molecule has 46 heavy (non-hydrogen) atoms. The Labute approximate surface area is 271 Å². The van der Waals surface area contributed by atoms with E-state index in [4.69, 9.17) is 4.74 Å². The molecule has 230 valence electrons. The van der Waals surface area contributed by atoms with Crippen LogP contribution in [0.5, 0.6) is 5.75 Å². The van der Waals surface area contributed by atoms with E-state index in [2.05, 4.69) is 20.9 Å². The number of hydrogen-bond donors (Lipinski definition) is 3. The zero-order chi connectivity index (χ0) is 32.1. The van der Waals surface area contributed by atoms with Crippen LogP contribution in [0.3, 0.4) is 0 Å². The first-order valence-corrected chi connectivity index (χ1v) is 15.5. The minimum atomic E-state index is -0.489. The van der Waals surface area contributed by atoms with E-state index >= 15 is 0 Å². The third kappa shape index (κ3) is 9.41. The van der Waals surface area contributed by atoms with E-state index in [9.17, 15) is 14.4 Å². The normalized spacial score (nSPS) is 11.6. The van der Waals surface area contributed by atoms with Gasteiger partial charge in [-0.05, 0) is 84.8 Å². The van der Waals surface area contributed by atoms with Gasteiger partial charge in [0.25, 0.3) is 11.8 Å². The predicted molar refractivity (Wildman–Crippen MR) is 182 cm³/mol. The molecule has 1 atom stereocenters. The van der Waals surface area contributed by atoms with Crippen molar-refractivity contribution in [1.29, 1.82) is 0 Å². The van der Waals surface area contributed by atoms with Gasteiger partial charge in [0.15, 0.2) is 0 Å². The lowest BCUT2D eigenvalue weighted by Crippen LogP contribution is -2.30. The number of rotatable bonds is 12. The van der Waals surface area contributed by atoms with E-state index in [1.807, 2.05) is 79.7 Å². The van der Waals surface area contributed by atoms with Crippen molar-refractivity contribution in [3.63, 3.8) is 0 Å². The first-order chi connectivity index (χ1) is 22.4. The molecule has 0 spiro atoms. The number of amides is 3. The van der Waals surface area contributed by atoms with Crippen molar-refractivity contribution in [1.82, 2.24) is 10.3 Å². The largest absolute Gasteiger partial charge is 0.489 e. The number of benzene rings is 4. The number of pyridine rings is 1. The third-order valence-electron chi connectivity index (χ3n) is 6.68. The summed E-state index contributed by atoms with van der Waals surface area (Å²) in [5.41, 5.74) is 2.79. The fourth-order valence-corrected chi connectivity index (χ4v) is 5.12. The number of hydrogen-bond acceptors (Lipinski definition) is 6. The second-order valence-corrected chi connectivity index (χ2v) is 11.6. The van der Waals surface area contributed by atoms with Crippen LogP contribution in [0.1, 0.15) is 28.4 Å². The van der Waals surface area contributed by atoms with Crippen LogP contribution in [0.25, 0.3) is 6.08 Å². The molecule has 3 amide bonds. The van der Waals surface area contributed by atoms with Gasteiger partial charge in [0, 0.05) is 22.3 Å². The Balaban J connectivity index is 1.25. The van der Waals surface area contributed by atoms with Crippen LogP contribution >= 0.6 is 11.8 Å². The first-order valence-electron chi connectivity index (χ1n) is 14.6. The Morgan fingerprint density at radius 3 is 2.13 bits per heavy atom. The van der Waals surface area contributed by atoms with Gasteiger partial charge in [-0.2, -0.15) is 0 Å². The molecule has 1 aromatic heterocycles. The minimum absolute atomic E-state index is 0.0741. The van der Waals surface area contributed by atoms with Gasteiger partial charge in [-0.15, -0.1) is 11.8 Å². The monoisotopic (exact) mass is 628 g/mol. The SMILES string of the molecule is CC(Sc1ccc(NC(=O)/C(=C/c2ccc(OCc3ccccc3)cc2)NC(=O)c2ccccc2)cc1)C(=O)Nc1ccccn1. The van der Waals surface area contributed by atoms with Gasteiger partial charge in [0.2, 0.25) is 5.91 Å².